The second kappa shape index (κ2) is 10.0. The van der Waals surface area contributed by atoms with E-state index in [2.05, 4.69) is 121 Å². The Labute approximate surface area is 258 Å². The lowest BCUT2D eigenvalue weighted by atomic mass is 9.85. The number of rotatable bonds is 4. The molecule has 9 rings (SSSR count). The summed E-state index contributed by atoms with van der Waals surface area (Å²) in [6.45, 7) is 0. The summed E-state index contributed by atoms with van der Waals surface area (Å²) < 4.78 is 2.61. The highest BCUT2D eigenvalue weighted by Crippen LogP contribution is 2.47. The molecule has 0 N–H and O–H groups in total. The van der Waals surface area contributed by atoms with Gasteiger partial charge in [-0.3, -0.25) is 0 Å². The molecule has 0 aliphatic heterocycles. The largest absolute Gasteiger partial charge is 0.150 e. The Morgan fingerprint density at radius 1 is 0.455 bits per heavy atom. The third-order valence-corrected chi connectivity index (χ3v) is 9.63. The van der Waals surface area contributed by atoms with E-state index < -0.39 is 0 Å². The van der Waals surface area contributed by atoms with E-state index in [-0.39, 0.29) is 0 Å². The first-order valence-corrected chi connectivity index (χ1v) is 15.6. The van der Waals surface area contributed by atoms with E-state index in [1.807, 2.05) is 41.7 Å². The number of aromatic nitrogens is 3. The molecule has 0 radical (unpaired) electrons. The quantitative estimate of drug-likeness (QED) is 0.208. The van der Waals surface area contributed by atoms with Crippen LogP contribution < -0.4 is 0 Å². The normalized spacial score (nSPS) is 11.6. The lowest BCUT2D eigenvalue weighted by molar-refractivity contribution is 0.766. The van der Waals surface area contributed by atoms with Gasteiger partial charge < -0.3 is 0 Å². The zero-order chi connectivity index (χ0) is 29.0. The predicted molar refractivity (Wildman–Crippen MR) is 186 cm³/mol. The highest BCUT2D eigenvalue weighted by Gasteiger charge is 2.20. The van der Waals surface area contributed by atoms with Gasteiger partial charge >= 0.3 is 0 Å². The first-order chi connectivity index (χ1) is 21.8. The molecule has 0 spiro atoms. The van der Waals surface area contributed by atoms with Crippen LogP contribution in [-0.4, -0.2) is 15.0 Å². The van der Waals surface area contributed by atoms with Gasteiger partial charge in [-0.25, -0.2) is 0 Å². The van der Waals surface area contributed by atoms with Crippen molar-refractivity contribution in [2.45, 2.75) is 0 Å². The maximum atomic E-state index is 5.06. The Hall–Kier alpha value is -5.58. The number of benzene rings is 7. The fraction of sp³-hybridized carbons (Fsp3) is 0. The molecular weight excluding hydrogens is 555 g/mol. The van der Waals surface area contributed by atoms with Crippen LogP contribution >= 0.6 is 11.3 Å². The van der Waals surface area contributed by atoms with Crippen molar-refractivity contribution in [3.05, 3.63) is 152 Å². The maximum Gasteiger partial charge on any atom is 0.122 e. The number of fused-ring (bicyclic) bond motifs is 6. The first-order valence-electron chi connectivity index (χ1n) is 14.8. The molecule has 0 unspecified atom stereocenters. The lowest BCUT2D eigenvalue weighted by Crippen LogP contribution is -1.97. The molecule has 0 saturated heterocycles. The van der Waals surface area contributed by atoms with Crippen molar-refractivity contribution >= 4 is 53.3 Å². The van der Waals surface area contributed by atoms with Gasteiger partial charge in [-0.2, -0.15) is 4.80 Å². The minimum atomic E-state index is 0.876. The summed E-state index contributed by atoms with van der Waals surface area (Å²) in [6.07, 6.45) is 0. The Kier molecular flexibility index (Phi) is 5.68. The number of thiophene rings is 1. The van der Waals surface area contributed by atoms with Gasteiger partial charge in [0.15, 0.2) is 0 Å². The minimum Gasteiger partial charge on any atom is -0.150 e. The third kappa shape index (κ3) is 3.89. The summed E-state index contributed by atoms with van der Waals surface area (Å²) in [6, 6.07) is 53.9. The number of hydrogen-bond acceptors (Lipinski definition) is 3. The number of hydrogen-bond donors (Lipinski definition) is 0. The highest BCUT2D eigenvalue weighted by molar-refractivity contribution is 7.25. The van der Waals surface area contributed by atoms with Gasteiger partial charge in [0.05, 0.1) is 5.69 Å². The molecule has 2 heterocycles. The van der Waals surface area contributed by atoms with Crippen LogP contribution in [0.5, 0.6) is 0 Å². The molecule has 0 amide bonds. The van der Waals surface area contributed by atoms with Crippen LogP contribution in [0.2, 0.25) is 0 Å². The zero-order valence-electron chi connectivity index (χ0n) is 23.7. The standard InChI is InChI=1S/C40H25N3S/c1-3-12-26(13-4-1)37-29(19-10-20-30(37)32-21-11-23-36-39(32)33-17-7-8-22-35(33)44-36)31-18-9-14-27-24-25-34-40(38(27)31)42-43(41-34)28-15-5-2-6-16-28/h1-25H. The van der Waals surface area contributed by atoms with Crippen LogP contribution in [0.4, 0.5) is 0 Å². The molecule has 0 bridgehead atoms. The van der Waals surface area contributed by atoms with E-state index >= 15 is 0 Å². The van der Waals surface area contributed by atoms with Gasteiger partial charge in [0, 0.05) is 25.6 Å². The fourth-order valence-electron chi connectivity index (χ4n) is 6.57. The minimum absolute atomic E-state index is 0.876. The predicted octanol–water partition coefficient (Wildman–Crippen LogP) is 10.9. The maximum absolute atomic E-state index is 5.06. The van der Waals surface area contributed by atoms with Crippen molar-refractivity contribution in [3.63, 3.8) is 0 Å². The lowest BCUT2D eigenvalue weighted by Gasteiger charge is -2.18. The highest BCUT2D eigenvalue weighted by atomic mass is 32.1. The molecule has 0 aliphatic rings. The van der Waals surface area contributed by atoms with Crippen molar-refractivity contribution in [3.8, 4) is 39.1 Å². The molecular formula is C40H25N3S. The summed E-state index contributed by atoms with van der Waals surface area (Å²) >= 11 is 1.86. The Bertz CT molecular complexity index is 2490. The van der Waals surface area contributed by atoms with Crippen molar-refractivity contribution in [2.75, 3.05) is 0 Å². The molecule has 0 atom stereocenters. The van der Waals surface area contributed by atoms with E-state index in [9.17, 15) is 0 Å². The second-order valence-electron chi connectivity index (χ2n) is 11.0. The Balaban J connectivity index is 1.37. The van der Waals surface area contributed by atoms with Gasteiger partial charge in [-0.05, 0) is 69.1 Å². The average Bonchev–Trinajstić information content (AvgIpc) is 3.71. The molecule has 0 saturated carbocycles. The van der Waals surface area contributed by atoms with E-state index in [4.69, 9.17) is 10.2 Å². The fourth-order valence-corrected chi connectivity index (χ4v) is 7.70. The molecule has 7 aromatic carbocycles. The van der Waals surface area contributed by atoms with E-state index in [1.54, 1.807) is 4.80 Å². The number of nitrogens with zero attached hydrogens (tertiary/aromatic N) is 3. The van der Waals surface area contributed by atoms with Crippen molar-refractivity contribution in [1.82, 2.24) is 15.0 Å². The van der Waals surface area contributed by atoms with Crippen molar-refractivity contribution in [2.24, 2.45) is 0 Å². The molecule has 206 valence electrons. The van der Waals surface area contributed by atoms with Gasteiger partial charge in [0.2, 0.25) is 0 Å². The Morgan fingerprint density at radius 2 is 1.09 bits per heavy atom. The van der Waals surface area contributed by atoms with Crippen LogP contribution in [-0.2, 0) is 0 Å². The second-order valence-corrected chi connectivity index (χ2v) is 12.1. The molecule has 0 fully saturated rings. The van der Waals surface area contributed by atoms with Gasteiger partial charge in [-0.1, -0.05) is 121 Å². The molecule has 3 nitrogen and oxygen atoms in total. The smallest absolute Gasteiger partial charge is 0.122 e. The molecule has 2 aromatic heterocycles. The van der Waals surface area contributed by atoms with E-state index in [1.165, 1.54) is 48.0 Å². The molecule has 4 heteroatoms. The van der Waals surface area contributed by atoms with Crippen LogP contribution in [0, 0.1) is 0 Å². The van der Waals surface area contributed by atoms with Crippen LogP contribution in [0.3, 0.4) is 0 Å². The SMILES string of the molecule is c1ccc(-c2c(-c3cccc4sc5ccccc5c34)cccc2-c2cccc3ccc4nn(-c5ccccc5)nc4c23)cc1. The summed E-state index contributed by atoms with van der Waals surface area (Å²) in [7, 11) is 0. The summed E-state index contributed by atoms with van der Waals surface area (Å²) in [5.74, 6) is 0. The molecule has 44 heavy (non-hydrogen) atoms. The molecule has 9 aromatic rings. The average molecular weight is 580 g/mol. The van der Waals surface area contributed by atoms with Gasteiger partial charge in [0.25, 0.3) is 0 Å². The first kappa shape index (κ1) is 25.0. The van der Waals surface area contributed by atoms with Gasteiger partial charge in [-0.15, -0.1) is 21.5 Å². The molecule has 0 aliphatic carbocycles. The zero-order valence-corrected chi connectivity index (χ0v) is 24.5. The Morgan fingerprint density at radius 3 is 1.91 bits per heavy atom. The van der Waals surface area contributed by atoms with Crippen molar-refractivity contribution < 1.29 is 0 Å². The van der Waals surface area contributed by atoms with Gasteiger partial charge in [0.1, 0.15) is 11.0 Å². The van der Waals surface area contributed by atoms with Crippen LogP contribution in [0.15, 0.2) is 152 Å². The summed E-state index contributed by atoms with van der Waals surface area (Å²) in [4.78, 5) is 1.75. The van der Waals surface area contributed by atoms with E-state index in [0.717, 1.165) is 33.1 Å². The third-order valence-electron chi connectivity index (χ3n) is 8.49. The van der Waals surface area contributed by atoms with Crippen molar-refractivity contribution in [1.29, 1.82) is 0 Å². The summed E-state index contributed by atoms with van der Waals surface area (Å²) in [5, 5.41) is 14.8. The summed E-state index contributed by atoms with van der Waals surface area (Å²) in [5.41, 5.74) is 9.92. The van der Waals surface area contributed by atoms with Crippen LogP contribution in [0.1, 0.15) is 0 Å². The topological polar surface area (TPSA) is 30.7 Å². The van der Waals surface area contributed by atoms with E-state index in [0.29, 0.717) is 0 Å². The van der Waals surface area contributed by atoms with Crippen LogP contribution in [0.25, 0.3) is 81.0 Å². The number of para-hydroxylation sites is 1. The monoisotopic (exact) mass is 579 g/mol.